The van der Waals surface area contributed by atoms with Crippen molar-refractivity contribution in [3.63, 3.8) is 0 Å². The lowest BCUT2D eigenvalue weighted by Gasteiger charge is -2.29. The molecule has 1 unspecified atom stereocenters. The van der Waals surface area contributed by atoms with E-state index in [1.165, 1.54) is 13.2 Å². The number of aromatic hydroxyl groups is 1. The molecule has 6 nitrogen and oxygen atoms in total. The number of phenols is 1. The average Bonchev–Trinajstić information content (AvgIpc) is 3.23. The van der Waals surface area contributed by atoms with Crippen molar-refractivity contribution in [2.75, 3.05) is 33.9 Å². The van der Waals surface area contributed by atoms with Crippen LogP contribution in [-0.4, -0.2) is 49.8 Å². The Labute approximate surface area is 159 Å². The van der Waals surface area contributed by atoms with Crippen LogP contribution in [0.1, 0.15) is 34.8 Å². The van der Waals surface area contributed by atoms with Gasteiger partial charge in [-0.05, 0) is 50.2 Å². The third kappa shape index (κ3) is 4.34. The number of phenolic OH excluding ortho intramolecular Hbond substituents is 1. The standard InChI is InChI=1S/C21H26N2O4/c1-26-15-9-10-19(24)17(13-15)21(25)22-14-18(23-11-5-6-12-23)16-7-3-4-8-20(16)27-2/h3-4,7-10,13,18,24H,5-6,11-12,14H2,1-2H3,(H,22,25). The summed E-state index contributed by atoms with van der Waals surface area (Å²) in [7, 11) is 3.19. The van der Waals surface area contributed by atoms with Crippen molar-refractivity contribution in [2.24, 2.45) is 0 Å². The Balaban J connectivity index is 1.80. The summed E-state index contributed by atoms with van der Waals surface area (Å²) in [6.07, 6.45) is 2.30. The molecule has 0 spiro atoms. The SMILES string of the molecule is COc1ccc(O)c(C(=O)NCC(c2ccccc2OC)N2CCCC2)c1. The van der Waals surface area contributed by atoms with Crippen LogP contribution >= 0.6 is 0 Å². The van der Waals surface area contributed by atoms with Gasteiger partial charge < -0.3 is 19.9 Å². The summed E-state index contributed by atoms with van der Waals surface area (Å²) in [5.41, 5.74) is 1.26. The summed E-state index contributed by atoms with van der Waals surface area (Å²) in [5.74, 6) is 0.945. The summed E-state index contributed by atoms with van der Waals surface area (Å²) in [6.45, 7) is 2.40. The van der Waals surface area contributed by atoms with Crippen LogP contribution in [0.25, 0.3) is 0 Å². The zero-order chi connectivity index (χ0) is 19.2. The number of rotatable bonds is 7. The molecule has 6 heteroatoms. The summed E-state index contributed by atoms with van der Waals surface area (Å²) in [5, 5.41) is 13.0. The van der Waals surface area contributed by atoms with E-state index in [2.05, 4.69) is 10.2 Å². The number of hydrogen-bond donors (Lipinski definition) is 2. The zero-order valence-corrected chi connectivity index (χ0v) is 15.8. The second-order valence-electron chi connectivity index (χ2n) is 6.59. The quantitative estimate of drug-likeness (QED) is 0.784. The van der Waals surface area contributed by atoms with Gasteiger partial charge in [0.1, 0.15) is 17.2 Å². The zero-order valence-electron chi connectivity index (χ0n) is 15.8. The average molecular weight is 370 g/mol. The van der Waals surface area contributed by atoms with Gasteiger partial charge in [0.25, 0.3) is 5.91 Å². The van der Waals surface area contributed by atoms with E-state index in [9.17, 15) is 9.90 Å². The fraction of sp³-hybridized carbons (Fsp3) is 0.381. The van der Waals surface area contributed by atoms with E-state index in [1.54, 1.807) is 19.2 Å². The molecule has 2 N–H and O–H groups in total. The lowest BCUT2D eigenvalue weighted by molar-refractivity contribution is 0.0934. The Morgan fingerprint density at radius 1 is 1.15 bits per heavy atom. The number of nitrogens with one attached hydrogen (secondary N) is 1. The summed E-state index contributed by atoms with van der Waals surface area (Å²) in [6, 6.07) is 12.5. The lowest BCUT2D eigenvalue weighted by atomic mass is 10.0. The largest absolute Gasteiger partial charge is 0.507 e. The minimum absolute atomic E-state index is 0.0142. The molecule has 1 aliphatic heterocycles. The number of carbonyl (C=O) groups is 1. The van der Waals surface area contributed by atoms with E-state index in [0.717, 1.165) is 37.2 Å². The highest BCUT2D eigenvalue weighted by molar-refractivity contribution is 5.97. The third-order valence-corrected chi connectivity index (χ3v) is 4.98. The van der Waals surface area contributed by atoms with Gasteiger partial charge in [0.15, 0.2) is 0 Å². The molecule has 2 aromatic rings. The van der Waals surface area contributed by atoms with Crippen molar-refractivity contribution >= 4 is 5.91 Å². The molecule has 0 aromatic heterocycles. The Morgan fingerprint density at radius 3 is 2.59 bits per heavy atom. The fourth-order valence-electron chi connectivity index (χ4n) is 3.54. The molecule has 1 heterocycles. The Morgan fingerprint density at radius 2 is 1.89 bits per heavy atom. The number of ether oxygens (including phenoxy) is 2. The number of methoxy groups -OCH3 is 2. The highest BCUT2D eigenvalue weighted by Crippen LogP contribution is 2.31. The summed E-state index contributed by atoms with van der Waals surface area (Å²) < 4.78 is 10.7. The van der Waals surface area contributed by atoms with Crippen molar-refractivity contribution < 1.29 is 19.4 Å². The van der Waals surface area contributed by atoms with E-state index in [0.29, 0.717) is 12.3 Å². The molecule has 1 atom stereocenters. The minimum atomic E-state index is -0.328. The van der Waals surface area contributed by atoms with Gasteiger partial charge >= 0.3 is 0 Å². The van der Waals surface area contributed by atoms with E-state index in [4.69, 9.17) is 9.47 Å². The van der Waals surface area contributed by atoms with E-state index in [-0.39, 0.29) is 23.3 Å². The maximum absolute atomic E-state index is 12.7. The molecular weight excluding hydrogens is 344 g/mol. The number of para-hydroxylation sites is 1. The number of nitrogens with zero attached hydrogens (tertiary/aromatic N) is 1. The molecule has 27 heavy (non-hydrogen) atoms. The van der Waals surface area contributed by atoms with Crippen LogP contribution in [0, 0.1) is 0 Å². The first kappa shape index (κ1) is 19.0. The first-order valence-corrected chi connectivity index (χ1v) is 9.16. The Hall–Kier alpha value is -2.73. The van der Waals surface area contributed by atoms with Gasteiger partial charge in [0, 0.05) is 12.1 Å². The van der Waals surface area contributed by atoms with E-state index in [1.807, 2.05) is 24.3 Å². The number of carbonyl (C=O) groups excluding carboxylic acids is 1. The lowest BCUT2D eigenvalue weighted by Crippen LogP contribution is -2.37. The molecular formula is C21H26N2O4. The molecule has 144 valence electrons. The predicted molar refractivity (Wildman–Crippen MR) is 104 cm³/mol. The van der Waals surface area contributed by atoms with Crippen LogP contribution in [0.5, 0.6) is 17.2 Å². The summed E-state index contributed by atoms with van der Waals surface area (Å²) in [4.78, 5) is 15.0. The Bertz CT molecular complexity index is 788. The van der Waals surface area contributed by atoms with Gasteiger partial charge in [-0.3, -0.25) is 9.69 Å². The van der Waals surface area contributed by atoms with Crippen LogP contribution in [0.3, 0.4) is 0 Å². The molecule has 1 amide bonds. The van der Waals surface area contributed by atoms with Crippen LogP contribution in [0.15, 0.2) is 42.5 Å². The number of amides is 1. The van der Waals surface area contributed by atoms with Crippen LogP contribution in [0.2, 0.25) is 0 Å². The molecule has 0 radical (unpaired) electrons. The van der Waals surface area contributed by atoms with Crippen LogP contribution in [0.4, 0.5) is 0 Å². The molecule has 2 aromatic carbocycles. The second-order valence-corrected chi connectivity index (χ2v) is 6.59. The second kappa shape index (κ2) is 8.77. The first-order valence-electron chi connectivity index (χ1n) is 9.16. The highest BCUT2D eigenvalue weighted by atomic mass is 16.5. The van der Waals surface area contributed by atoms with Gasteiger partial charge in [-0.25, -0.2) is 0 Å². The van der Waals surface area contributed by atoms with Crippen molar-refractivity contribution in [2.45, 2.75) is 18.9 Å². The van der Waals surface area contributed by atoms with Crippen molar-refractivity contribution in [3.05, 3.63) is 53.6 Å². The molecule has 3 rings (SSSR count). The van der Waals surface area contributed by atoms with Crippen molar-refractivity contribution in [1.29, 1.82) is 0 Å². The maximum Gasteiger partial charge on any atom is 0.255 e. The molecule has 0 bridgehead atoms. The smallest absolute Gasteiger partial charge is 0.255 e. The molecule has 0 aliphatic carbocycles. The third-order valence-electron chi connectivity index (χ3n) is 4.98. The molecule has 1 saturated heterocycles. The summed E-state index contributed by atoms with van der Waals surface area (Å²) >= 11 is 0. The maximum atomic E-state index is 12.7. The highest BCUT2D eigenvalue weighted by Gasteiger charge is 2.26. The van der Waals surface area contributed by atoms with Crippen LogP contribution in [-0.2, 0) is 0 Å². The molecule has 1 fully saturated rings. The van der Waals surface area contributed by atoms with Gasteiger partial charge in [-0.2, -0.15) is 0 Å². The van der Waals surface area contributed by atoms with Gasteiger partial charge in [-0.1, -0.05) is 18.2 Å². The predicted octanol–water partition coefficient (Wildman–Crippen LogP) is 2.98. The van der Waals surface area contributed by atoms with Gasteiger partial charge in [0.2, 0.25) is 0 Å². The molecule has 0 saturated carbocycles. The van der Waals surface area contributed by atoms with Crippen molar-refractivity contribution in [1.82, 2.24) is 10.2 Å². The van der Waals surface area contributed by atoms with Gasteiger partial charge in [0.05, 0.1) is 25.8 Å². The topological polar surface area (TPSA) is 71.0 Å². The van der Waals surface area contributed by atoms with E-state index < -0.39 is 0 Å². The normalized spacial score (nSPS) is 15.3. The number of benzene rings is 2. The van der Waals surface area contributed by atoms with Crippen molar-refractivity contribution in [3.8, 4) is 17.2 Å². The first-order chi connectivity index (χ1) is 13.1. The minimum Gasteiger partial charge on any atom is -0.507 e. The fourth-order valence-corrected chi connectivity index (χ4v) is 3.54. The number of likely N-dealkylation sites (tertiary alicyclic amines) is 1. The van der Waals surface area contributed by atoms with Gasteiger partial charge in [-0.15, -0.1) is 0 Å². The van der Waals surface area contributed by atoms with Crippen LogP contribution < -0.4 is 14.8 Å². The Kier molecular flexibility index (Phi) is 6.19. The molecule has 1 aliphatic rings. The monoisotopic (exact) mass is 370 g/mol. The van der Waals surface area contributed by atoms with E-state index >= 15 is 0 Å². The number of hydrogen-bond acceptors (Lipinski definition) is 5.